The Morgan fingerprint density at radius 2 is 1.78 bits per heavy atom. The van der Waals surface area contributed by atoms with Crippen molar-refractivity contribution < 1.29 is 10.2 Å². The Morgan fingerprint density at radius 1 is 1.03 bits per heavy atom. The second kappa shape index (κ2) is 10.1. The number of aliphatic hydroxyl groups excluding tert-OH is 1. The first-order valence-corrected chi connectivity index (χ1v) is 14.0. The minimum absolute atomic E-state index is 0.104. The van der Waals surface area contributed by atoms with E-state index in [0.29, 0.717) is 36.0 Å². The number of benzene rings is 1. The van der Waals surface area contributed by atoms with Crippen LogP contribution in [0.5, 0.6) is 5.75 Å². The molecule has 0 radical (unpaired) electrons. The fourth-order valence-electron chi connectivity index (χ4n) is 7.99. The number of hydrogen-bond donors (Lipinski definition) is 5. The number of phenolic OH excluding ortho intramolecular Hbond substituents is 1. The summed E-state index contributed by atoms with van der Waals surface area (Å²) >= 11 is 0. The number of para-hydroxylation sites is 1. The molecular formula is C29H38N6O2. The van der Waals surface area contributed by atoms with Gasteiger partial charge < -0.3 is 26.2 Å². The van der Waals surface area contributed by atoms with Gasteiger partial charge in [0.2, 0.25) is 5.95 Å². The molecular weight excluding hydrogens is 464 g/mol. The number of phenols is 1. The number of nitrogens with one attached hydrogen (secondary N) is 3. The van der Waals surface area contributed by atoms with Crippen molar-refractivity contribution in [2.45, 2.75) is 82.5 Å². The molecule has 2 aromatic rings. The van der Waals surface area contributed by atoms with Gasteiger partial charge in [-0.2, -0.15) is 10.2 Å². The predicted molar refractivity (Wildman–Crippen MR) is 142 cm³/mol. The summed E-state index contributed by atoms with van der Waals surface area (Å²) in [7, 11) is 0. The number of nitriles is 1. The molecule has 4 bridgehead atoms. The van der Waals surface area contributed by atoms with E-state index in [1.807, 2.05) is 12.1 Å². The van der Waals surface area contributed by atoms with Crippen LogP contribution in [0.4, 0.5) is 11.8 Å². The molecule has 0 saturated heterocycles. The average Bonchev–Trinajstić information content (AvgIpc) is 2.90. The molecule has 5 fully saturated rings. The SMILES string of the molecule is N#Cc1cnc(NCc2ccccc2O)nc1NC[C@@]12CC3C[C@H](C1)[C@H](N[C@H]1CC[C@H](O)CC1)[C@@H](C3)C2. The zero-order valence-corrected chi connectivity index (χ0v) is 21.4. The lowest BCUT2D eigenvalue weighted by molar-refractivity contribution is -0.0737. The van der Waals surface area contributed by atoms with Crippen LogP contribution in [-0.4, -0.2) is 44.9 Å². The van der Waals surface area contributed by atoms with Crippen molar-refractivity contribution in [2.75, 3.05) is 17.2 Å². The maximum atomic E-state index is 10.0. The normalized spacial score (nSPS) is 34.2. The van der Waals surface area contributed by atoms with E-state index in [-0.39, 0.29) is 17.3 Å². The number of anilines is 2. The Bertz CT molecular complexity index is 1140. The van der Waals surface area contributed by atoms with Crippen molar-refractivity contribution in [2.24, 2.45) is 23.2 Å². The highest BCUT2D eigenvalue weighted by molar-refractivity contribution is 5.53. The Morgan fingerprint density at radius 3 is 2.51 bits per heavy atom. The summed E-state index contributed by atoms with van der Waals surface area (Å²) in [6.45, 7) is 1.24. The van der Waals surface area contributed by atoms with Gasteiger partial charge in [0, 0.05) is 30.7 Å². The standard InChI is InChI=1S/C29H38N6O2/c30-14-22-16-32-28(31-15-19-3-1-2-4-25(19)37)35-27(22)33-17-29-11-18-9-20(12-29)26(21(10-18)13-29)34-23-5-7-24(36)8-6-23/h1-4,16,18,20-21,23-24,26,34,36-37H,5-13,15,17H2,(H2,31,32,33,35)/t18?,20-,21+,23-,24-,26+,29+. The van der Waals surface area contributed by atoms with Gasteiger partial charge >= 0.3 is 0 Å². The third-order valence-electron chi connectivity index (χ3n) is 9.49. The van der Waals surface area contributed by atoms with Crippen LogP contribution in [0.2, 0.25) is 0 Å². The molecule has 5 saturated carbocycles. The molecule has 5 aliphatic rings. The van der Waals surface area contributed by atoms with Gasteiger partial charge in [0.25, 0.3) is 0 Å². The largest absolute Gasteiger partial charge is 0.508 e. The quantitative estimate of drug-likeness (QED) is 0.364. The van der Waals surface area contributed by atoms with Crippen molar-refractivity contribution in [3.63, 3.8) is 0 Å². The fraction of sp³-hybridized carbons (Fsp3) is 0.621. The lowest BCUT2D eigenvalue weighted by Gasteiger charge is -2.61. The van der Waals surface area contributed by atoms with Crippen molar-refractivity contribution in [3.8, 4) is 11.8 Å². The van der Waals surface area contributed by atoms with E-state index in [2.05, 4.69) is 32.0 Å². The van der Waals surface area contributed by atoms with E-state index in [9.17, 15) is 15.5 Å². The average molecular weight is 503 g/mol. The molecule has 1 aromatic heterocycles. The third kappa shape index (κ3) is 5.12. The van der Waals surface area contributed by atoms with E-state index < -0.39 is 0 Å². The first kappa shape index (κ1) is 24.4. The van der Waals surface area contributed by atoms with E-state index in [1.165, 1.54) is 32.1 Å². The second-order valence-electron chi connectivity index (χ2n) is 12.1. The topological polar surface area (TPSA) is 126 Å². The second-order valence-corrected chi connectivity index (χ2v) is 12.1. The number of aromatic hydroxyl groups is 1. The van der Waals surface area contributed by atoms with Crippen LogP contribution >= 0.6 is 0 Å². The minimum atomic E-state index is -0.104. The lowest BCUT2D eigenvalue weighted by atomic mass is 9.47. The molecule has 0 spiro atoms. The molecule has 5 N–H and O–H groups in total. The molecule has 8 nitrogen and oxygen atoms in total. The number of aliphatic hydroxyl groups is 1. The monoisotopic (exact) mass is 502 g/mol. The minimum Gasteiger partial charge on any atom is -0.508 e. The zero-order chi connectivity index (χ0) is 25.4. The lowest BCUT2D eigenvalue weighted by Crippen LogP contribution is -2.61. The summed E-state index contributed by atoms with van der Waals surface area (Å²) < 4.78 is 0. The highest BCUT2D eigenvalue weighted by Gasteiger charge is 2.55. The van der Waals surface area contributed by atoms with E-state index in [4.69, 9.17) is 0 Å². The Balaban J connectivity index is 1.11. The summed E-state index contributed by atoms with van der Waals surface area (Å²) in [5.41, 5.74) is 1.49. The van der Waals surface area contributed by atoms with Gasteiger partial charge in [-0.15, -0.1) is 0 Å². The van der Waals surface area contributed by atoms with E-state index in [0.717, 1.165) is 55.5 Å². The maximum Gasteiger partial charge on any atom is 0.224 e. The van der Waals surface area contributed by atoms with Crippen molar-refractivity contribution in [1.82, 2.24) is 15.3 Å². The first-order valence-electron chi connectivity index (χ1n) is 14.0. The number of hydrogen-bond acceptors (Lipinski definition) is 8. The zero-order valence-electron chi connectivity index (χ0n) is 21.4. The van der Waals surface area contributed by atoms with Gasteiger partial charge in [0.05, 0.1) is 12.3 Å². The first-order chi connectivity index (χ1) is 18.0. The van der Waals surface area contributed by atoms with Crippen LogP contribution in [0.25, 0.3) is 0 Å². The van der Waals surface area contributed by atoms with Crippen molar-refractivity contribution in [3.05, 3.63) is 41.6 Å². The van der Waals surface area contributed by atoms with Crippen LogP contribution in [-0.2, 0) is 6.54 Å². The van der Waals surface area contributed by atoms with Crippen LogP contribution in [0.1, 0.15) is 68.9 Å². The highest BCUT2D eigenvalue weighted by Crippen LogP contribution is 2.60. The molecule has 7 rings (SSSR count). The number of rotatable bonds is 8. The number of aromatic nitrogens is 2. The smallest absolute Gasteiger partial charge is 0.224 e. The van der Waals surface area contributed by atoms with Crippen LogP contribution in [0.3, 0.4) is 0 Å². The molecule has 5 aliphatic carbocycles. The molecule has 1 unspecified atom stereocenters. The van der Waals surface area contributed by atoms with Gasteiger partial charge in [-0.25, -0.2) is 4.98 Å². The summed E-state index contributed by atoms with van der Waals surface area (Å²) in [6, 6.07) is 10.6. The van der Waals surface area contributed by atoms with Gasteiger partial charge in [0.15, 0.2) is 0 Å². The van der Waals surface area contributed by atoms with Crippen molar-refractivity contribution >= 4 is 11.8 Å². The molecule has 8 heteroatoms. The molecule has 37 heavy (non-hydrogen) atoms. The van der Waals surface area contributed by atoms with Crippen LogP contribution < -0.4 is 16.0 Å². The molecule has 1 aromatic carbocycles. The van der Waals surface area contributed by atoms with Gasteiger partial charge in [-0.1, -0.05) is 18.2 Å². The Labute approximate surface area is 218 Å². The molecule has 1 heterocycles. The Kier molecular flexibility index (Phi) is 6.68. The third-order valence-corrected chi connectivity index (χ3v) is 9.49. The summed E-state index contributed by atoms with van der Waals surface area (Å²) in [5.74, 6) is 3.51. The van der Waals surface area contributed by atoms with Gasteiger partial charge in [0.1, 0.15) is 23.2 Å². The molecule has 5 atom stereocenters. The van der Waals surface area contributed by atoms with E-state index in [1.54, 1.807) is 18.3 Å². The summed E-state index contributed by atoms with van der Waals surface area (Å²) in [5, 5.41) is 40.4. The molecule has 0 aliphatic heterocycles. The van der Waals surface area contributed by atoms with Gasteiger partial charge in [-0.05, 0) is 87.0 Å². The van der Waals surface area contributed by atoms with Crippen LogP contribution in [0.15, 0.2) is 30.5 Å². The predicted octanol–water partition coefficient (Wildman–Crippen LogP) is 4.17. The van der Waals surface area contributed by atoms with Crippen LogP contribution in [0, 0.1) is 34.5 Å². The fourth-order valence-corrected chi connectivity index (χ4v) is 7.99. The summed E-state index contributed by atoms with van der Waals surface area (Å²) in [4.78, 5) is 8.94. The Hall–Kier alpha value is -2.89. The maximum absolute atomic E-state index is 10.0. The number of nitrogens with zero attached hydrogens (tertiary/aromatic N) is 3. The van der Waals surface area contributed by atoms with Crippen molar-refractivity contribution in [1.29, 1.82) is 5.26 Å². The molecule has 196 valence electrons. The van der Waals surface area contributed by atoms with Gasteiger partial charge in [-0.3, -0.25) is 0 Å². The molecule has 0 amide bonds. The summed E-state index contributed by atoms with van der Waals surface area (Å²) in [6.07, 6.45) is 11.9. The van der Waals surface area contributed by atoms with E-state index >= 15 is 0 Å². The highest BCUT2D eigenvalue weighted by atomic mass is 16.3.